The lowest BCUT2D eigenvalue weighted by Crippen LogP contribution is -2.26. The van der Waals surface area contributed by atoms with Gasteiger partial charge in [0.05, 0.1) is 0 Å². The van der Waals surface area contributed by atoms with Crippen molar-refractivity contribution in [2.45, 2.75) is 38.2 Å². The summed E-state index contributed by atoms with van der Waals surface area (Å²) < 4.78 is 5.37. The molecular weight excluding hydrogens is 328 g/mol. The predicted octanol–water partition coefficient (Wildman–Crippen LogP) is 3.55. The summed E-state index contributed by atoms with van der Waals surface area (Å²) in [5, 5.41) is 5.76. The Labute approximate surface area is 152 Å². The molecule has 0 radical (unpaired) electrons. The Balaban J connectivity index is 1.37. The minimum atomic E-state index is -0.353. The summed E-state index contributed by atoms with van der Waals surface area (Å²) in [5.74, 6) is -0.228. The highest BCUT2D eigenvalue weighted by Crippen LogP contribution is 2.23. The number of rotatable bonds is 4. The van der Waals surface area contributed by atoms with E-state index in [9.17, 15) is 9.59 Å². The molecule has 0 spiro atoms. The molecule has 1 atom stereocenters. The predicted molar refractivity (Wildman–Crippen MR) is 100 cm³/mol. The van der Waals surface area contributed by atoms with E-state index in [0.29, 0.717) is 23.5 Å². The van der Waals surface area contributed by atoms with E-state index in [4.69, 9.17) is 4.74 Å². The fourth-order valence-electron chi connectivity index (χ4n) is 3.56. The molecule has 5 heteroatoms. The number of fused-ring (bicyclic) bond motifs is 1. The van der Waals surface area contributed by atoms with Gasteiger partial charge in [0.25, 0.3) is 11.8 Å². The van der Waals surface area contributed by atoms with Crippen LogP contribution in [0.1, 0.15) is 40.7 Å². The third-order valence-electron chi connectivity index (χ3n) is 4.99. The van der Waals surface area contributed by atoms with Crippen molar-refractivity contribution in [3.8, 4) is 0 Å². The van der Waals surface area contributed by atoms with Gasteiger partial charge in [0, 0.05) is 23.5 Å². The van der Waals surface area contributed by atoms with E-state index in [1.807, 2.05) is 12.1 Å². The minimum absolute atomic E-state index is 0.113. The zero-order valence-electron chi connectivity index (χ0n) is 14.6. The van der Waals surface area contributed by atoms with E-state index in [-0.39, 0.29) is 17.9 Å². The third-order valence-corrected chi connectivity index (χ3v) is 4.99. The molecule has 4 rings (SSSR count). The number of aryl methyl sites for hydroxylation is 2. The smallest absolute Gasteiger partial charge is 0.255 e. The number of benzene rings is 2. The Morgan fingerprint density at radius 2 is 1.62 bits per heavy atom. The lowest BCUT2D eigenvalue weighted by Gasteiger charge is -2.11. The number of ether oxygens (including phenoxy) is 1. The van der Waals surface area contributed by atoms with Crippen molar-refractivity contribution in [3.05, 3.63) is 59.2 Å². The molecule has 5 nitrogen and oxygen atoms in total. The van der Waals surface area contributed by atoms with Crippen molar-refractivity contribution < 1.29 is 14.3 Å². The minimum Gasteiger partial charge on any atom is -0.368 e. The molecular formula is C21H22N2O3. The summed E-state index contributed by atoms with van der Waals surface area (Å²) in [7, 11) is 0. The molecule has 134 valence electrons. The molecule has 0 aromatic heterocycles. The van der Waals surface area contributed by atoms with Crippen LogP contribution in [0.3, 0.4) is 0 Å². The van der Waals surface area contributed by atoms with Gasteiger partial charge in [-0.15, -0.1) is 0 Å². The lowest BCUT2D eigenvalue weighted by molar-refractivity contribution is -0.124. The Bertz CT molecular complexity index is 824. The largest absolute Gasteiger partial charge is 0.368 e. The van der Waals surface area contributed by atoms with E-state index in [2.05, 4.69) is 16.7 Å². The van der Waals surface area contributed by atoms with Gasteiger partial charge in [-0.25, -0.2) is 0 Å². The maximum absolute atomic E-state index is 12.5. The van der Waals surface area contributed by atoms with Crippen LogP contribution < -0.4 is 10.6 Å². The third kappa shape index (κ3) is 3.63. The van der Waals surface area contributed by atoms with Crippen LogP contribution in [0.4, 0.5) is 11.4 Å². The number of anilines is 2. The summed E-state index contributed by atoms with van der Waals surface area (Å²) in [6.07, 6.45) is 4.66. The van der Waals surface area contributed by atoms with Gasteiger partial charge in [-0.1, -0.05) is 6.07 Å². The fourth-order valence-corrected chi connectivity index (χ4v) is 3.56. The van der Waals surface area contributed by atoms with Crippen LogP contribution in [-0.2, 0) is 22.4 Å². The topological polar surface area (TPSA) is 67.4 Å². The Hall–Kier alpha value is -2.66. The van der Waals surface area contributed by atoms with Crippen molar-refractivity contribution in [2.24, 2.45) is 0 Å². The first-order valence-corrected chi connectivity index (χ1v) is 9.15. The average molecular weight is 350 g/mol. The standard InChI is InChI=1S/C21H22N2O3/c24-20(16-7-6-14-3-1-4-15(14)13-16)22-17-8-10-18(11-9-17)23-21(25)19-5-2-12-26-19/h6-11,13,19H,1-5,12H2,(H,22,24)(H,23,25). The van der Waals surface area contributed by atoms with Crippen molar-refractivity contribution >= 4 is 23.2 Å². The second-order valence-corrected chi connectivity index (χ2v) is 6.86. The first-order valence-electron chi connectivity index (χ1n) is 9.15. The second-order valence-electron chi connectivity index (χ2n) is 6.86. The molecule has 1 aliphatic heterocycles. The zero-order chi connectivity index (χ0) is 17.9. The van der Waals surface area contributed by atoms with Gasteiger partial charge in [0.2, 0.25) is 0 Å². The summed E-state index contributed by atoms with van der Waals surface area (Å²) in [6, 6.07) is 13.1. The van der Waals surface area contributed by atoms with Gasteiger partial charge in [-0.2, -0.15) is 0 Å². The van der Waals surface area contributed by atoms with Crippen LogP contribution in [0, 0.1) is 0 Å². The molecule has 0 bridgehead atoms. The molecule has 26 heavy (non-hydrogen) atoms. The number of amides is 2. The first-order chi connectivity index (χ1) is 12.7. The van der Waals surface area contributed by atoms with Crippen molar-refractivity contribution in [3.63, 3.8) is 0 Å². The number of nitrogens with one attached hydrogen (secondary N) is 2. The summed E-state index contributed by atoms with van der Waals surface area (Å²) in [6.45, 7) is 0.645. The number of hydrogen-bond acceptors (Lipinski definition) is 3. The van der Waals surface area contributed by atoms with Crippen LogP contribution in [0.2, 0.25) is 0 Å². The first kappa shape index (κ1) is 16.8. The molecule has 0 saturated carbocycles. The molecule has 2 N–H and O–H groups in total. The molecule has 2 amide bonds. The van der Waals surface area contributed by atoms with Gasteiger partial charge in [-0.3, -0.25) is 9.59 Å². The summed E-state index contributed by atoms with van der Waals surface area (Å²) >= 11 is 0. The zero-order valence-corrected chi connectivity index (χ0v) is 14.6. The molecule has 1 aliphatic carbocycles. The molecule has 1 fully saturated rings. The van der Waals surface area contributed by atoms with E-state index < -0.39 is 0 Å². The quantitative estimate of drug-likeness (QED) is 0.886. The maximum atomic E-state index is 12.5. The van der Waals surface area contributed by atoms with Crippen LogP contribution in [0.25, 0.3) is 0 Å². The van der Waals surface area contributed by atoms with Crippen LogP contribution in [-0.4, -0.2) is 24.5 Å². The van der Waals surface area contributed by atoms with Crippen LogP contribution in [0.5, 0.6) is 0 Å². The molecule has 1 heterocycles. The van der Waals surface area contributed by atoms with E-state index in [1.165, 1.54) is 17.5 Å². The highest BCUT2D eigenvalue weighted by atomic mass is 16.5. The molecule has 2 aromatic carbocycles. The highest BCUT2D eigenvalue weighted by molar-refractivity contribution is 6.04. The Kier molecular flexibility index (Phi) is 4.71. The molecule has 2 aromatic rings. The van der Waals surface area contributed by atoms with Crippen molar-refractivity contribution in [1.82, 2.24) is 0 Å². The molecule has 1 saturated heterocycles. The maximum Gasteiger partial charge on any atom is 0.255 e. The van der Waals surface area contributed by atoms with Gasteiger partial charge >= 0.3 is 0 Å². The molecule has 1 unspecified atom stereocenters. The van der Waals surface area contributed by atoms with E-state index in [0.717, 1.165) is 25.7 Å². The Morgan fingerprint density at radius 3 is 2.35 bits per heavy atom. The molecule has 2 aliphatic rings. The van der Waals surface area contributed by atoms with Gasteiger partial charge in [-0.05, 0) is 79.6 Å². The van der Waals surface area contributed by atoms with Gasteiger partial charge in [0.15, 0.2) is 0 Å². The Morgan fingerprint density at radius 1 is 0.885 bits per heavy atom. The van der Waals surface area contributed by atoms with Crippen molar-refractivity contribution in [1.29, 1.82) is 0 Å². The summed E-state index contributed by atoms with van der Waals surface area (Å²) in [5.41, 5.74) is 4.71. The second kappa shape index (κ2) is 7.30. The monoisotopic (exact) mass is 350 g/mol. The SMILES string of the molecule is O=C(Nc1ccc(NC(=O)C2CCCO2)cc1)c1ccc2c(c1)CCC2. The highest BCUT2D eigenvalue weighted by Gasteiger charge is 2.23. The van der Waals surface area contributed by atoms with E-state index >= 15 is 0 Å². The van der Waals surface area contributed by atoms with Gasteiger partial charge in [0.1, 0.15) is 6.10 Å². The average Bonchev–Trinajstić information content (AvgIpc) is 3.34. The van der Waals surface area contributed by atoms with Crippen molar-refractivity contribution in [2.75, 3.05) is 17.2 Å². The van der Waals surface area contributed by atoms with Crippen LogP contribution in [0.15, 0.2) is 42.5 Å². The lowest BCUT2D eigenvalue weighted by atomic mass is 10.1. The summed E-state index contributed by atoms with van der Waals surface area (Å²) in [4.78, 5) is 24.5. The fraction of sp³-hybridized carbons (Fsp3) is 0.333. The number of hydrogen-bond donors (Lipinski definition) is 2. The van der Waals surface area contributed by atoms with Crippen LogP contribution >= 0.6 is 0 Å². The van der Waals surface area contributed by atoms with Gasteiger partial charge < -0.3 is 15.4 Å². The number of carbonyl (C=O) groups excluding carboxylic acids is 2. The normalized spacial score (nSPS) is 18.4. The number of carbonyl (C=O) groups is 2. The van der Waals surface area contributed by atoms with E-state index in [1.54, 1.807) is 24.3 Å².